The van der Waals surface area contributed by atoms with Crippen LogP contribution in [-0.2, 0) is 16.1 Å². The Balaban J connectivity index is 2.37. The Labute approximate surface area is 128 Å². The second kappa shape index (κ2) is 6.91. The highest BCUT2D eigenvalue weighted by Gasteiger charge is 2.18. The van der Waals surface area contributed by atoms with Gasteiger partial charge < -0.3 is 9.47 Å². The minimum absolute atomic E-state index is 0.0631. The van der Waals surface area contributed by atoms with Crippen LogP contribution in [0.1, 0.15) is 17.5 Å². The van der Waals surface area contributed by atoms with Crippen molar-refractivity contribution < 1.29 is 23.0 Å². The van der Waals surface area contributed by atoms with Gasteiger partial charge in [0.1, 0.15) is 17.7 Å². The molecule has 0 unspecified atom stereocenters. The normalized spacial score (nSPS) is 10.3. The number of hydrogen-bond donors (Lipinski definition) is 0. The topological polar surface area (TPSA) is 85.1 Å². The van der Waals surface area contributed by atoms with Gasteiger partial charge in [-0.3, -0.25) is 4.79 Å². The van der Waals surface area contributed by atoms with Gasteiger partial charge in [0.2, 0.25) is 5.88 Å². The third-order valence-corrected chi connectivity index (χ3v) is 3.47. The molecule has 9 heteroatoms. The van der Waals surface area contributed by atoms with Gasteiger partial charge in [0.15, 0.2) is 5.69 Å². The van der Waals surface area contributed by atoms with Crippen molar-refractivity contribution in [2.75, 3.05) is 0 Å². The van der Waals surface area contributed by atoms with Gasteiger partial charge in [-0.15, -0.1) is 11.3 Å². The van der Waals surface area contributed by atoms with E-state index in [0.29, 0.717) is 4.88 Å². The zero-order valence-corrected chi connectivity index (χ0v) is 12.1. The molecule has 0 aliphatic heterocycles. The summed E-state index contributed by atoms with van der Waals surface area (Å²) in [5.74, 6) is -0.781. The van der Waals surface area contributed by atoms with E-state index < -0.39 is 12.6 Å². The quantitative estimate of drug-likeness (QED) is 0.786. The molecule has 2 aromatic rings. The highest BCUT2D eigenvalue weighted by molar-refractivity contribution is 7.15. The Morgan fingerprint density at radius 3 is 2.95 bits per heavy atom. The number of pyridine rings is 1. The van der Waals surface area contributed by atoms with Crippen molar-refractivity contribution in [3.63, 3.8) is 0 Å². The van der Waals surface area contributed by atoms with E-state index in [2.05, 4.69) is 14.7 Å². The fraction of sp³-hybridized carbons (Fsp3) is 0.231. The third-order valence-electron chi connectivity index (χ3n) is 2.41. The number of thiazole rings is 1. The van der Waals surface area contributed by atoms with Gasteiger partial charge in [-0.05, 0) is 12.1 Å². The smallest absolute Gasteiger partial charge is 0.388 e. The van der Waals surface area contributed by atoms with E-state index in [1.807, 2.05) is 6.07 Å². The molecule has 6 nitrogen and oxygen atoms in total. The molecular weight excluding hydrogens is 316 g/mol. The number of rotatable bonds is 5. The predicted octanol–water partition coefficient (Wildman–Crippen LogP) is 2.74. The lowest BCUT2D eigenvalue weighted by Gasteiger charge is -2.06. The van der Waals surface area contributed by atoms with Crippen LogP contribution < -0.4 is 4.74 Å². The summed E-state index contributed by atoms with van der Waals surface area (Å²) in [6.45, 7) is -1.89. The molecule has 0 aliphatic rings. The highest BCUT2D eigenvalue weighted by Crippen LogP contribution is 2.34. The maximum absolute atomic E-state index is 12.4. The minimum Gasteiger partial charge on any atom is -0.460 e. The maximum atomic E-state index is 12.4. The van der Waals surface area contributed by atoms with Gasteiger partial charge in [0, 0.05) is 13.1 Å². The van der Waals surface area contributed by atoms with Gasteiger partial charge in [0.05, 0.1) is 10.4 Å². The SMILES string of the molecule is CC(=O)OCc1sc(-c2cccnc2OC(F)F)nc1C#N. The number of hydrogen-bond acceptors (Lipinski definition) is 7. The summed E-state index contributed by atoms with van der Waals surface area (Å²) < 4.78 is 33.9. The number of carbonyl (C=O) groups excluding carboxylic acids is 1. The molecular formula is C13H9F2N3O3S. The molecule has 0 saturated heterocycles. The Morgan fingerprint density at radius 1 is 1.55 bits per heavy atom. The summed E-state index contributed by atoms with van der Waals surface area (Å²) in [5, 5.41) is 9.33. The standard InChI is InChI=1S/C13H9F2N3O3S/c1-7(19)20-6-10-9(5-16)18-12(22-10)8-3-2-4-17-11(8)21-13(14)15/h2-4,13H,6H2,1H3. The Morgan fingerprint density at radius 2 is 2.32 bits per heavy atom. The first-order valence-corrected chi connectivity index (χ1v) is 6.76. The Hall–Kier alpha value is -2.60. The van der Waals surface area contributed by atoms with Crippen LogP contribution in [0.2, 0.25) is 0 Å². The van der Waals surface area contributed by atoms with E-state index in [1.165, 1.54) is 25.3 Å². The number of esters is 1. The van der Waals surface area contributed by atoms with Crippen molar-refractivity contribution in [2.24, 2.45) is 0 Å². The molecule has 0 amide bonds. The molecule has 22 heavy (non-hydrogen) atoms. The van der Waals surface area contributed by atoms with E-state index in [-0.39, 0.29) is 28.8 Å². The molecule has 0 radical (unpaired) electrons. The van der Waals surface area contributed by atoms with Crippen molar-refractivity contribution >= 4 is 17.3 Å². The van der Waals surface area contributed by atoms with Crippen LogP contribution in [0.15, 0.2) is 18.3 Å². The molecule has 2 aromatic heterocycles. The van der Waals surface area contributed by atoms with Crippen LogP contribution in [0.4, 0.5) is 8.78 Å². The number of halogens is 2. The molecule has 0 atom stereocenters. The number of aromatic nitrogens is 2. The molecule has 0 bridgehead atoms. The lowest BCUT2D eigenvalue weighted by atomic mass is 10.3. The average molecular weight is 325 g/mol. The number of ether oxygens (including phenoxy) is 2. The monoisotopic (exact) mass is 325 g/mol. The molecule has 0 spiro atoms. The van der Waals surface area contributed by atoms with E-state index in [9.17, 15) is 13.6 Å². The number of nitriles is 1. The predicted molar refractivity (Wildman–Crippen MR) is 72.2 cm³/mol. The second-order valence-corrected chi connectivity index (χ2v) is 5.00. The maximum Gasteiger partial charge on any atom is 0.388 e. The number of alkyl halides is 2. The molecule has 2 heterocycles. The van der Waals surface area contributed by atoms with Gasteiger partial charge in [-0.25, -0.2) is 9.97 Å². The molecule has 114 valence electrons. The first kappa shape index (κ1) is 15.8. The summed E-state index contributed by atoms with van der Waals surface area (Å²) in [5.41, 5.74) is 0.298. The molecule has 0 aromatic carbocycles. The Kier molecular flexibility index (Phi) is 4.95. The van der Waals surface area contributed by atoms with Crippen LogP contribution >= 0.6 is 11.3 Å². The first-order chi connectivity index (χ1) is 10.5. The van der Waals surface area contributed by atoms with Crippen LogP contribution in [-0.4, -0.2) is 22.5 Å². The zero-order valence-electron chi connectivity index (χ0n) is 11.2. The number of carbonyl (C=O) groups is 1. The van der Waals surface area contributed by atoms with Gasteiger partial charge >= 0.3 is 12.6 Å². The summed E-state index contributed by atoms with van der Waals surface area (Å²) in [6.07, 6.45) is 1.31. The van der Waals surface area contributed by atoms with Crippen molar-refractivity contribution in [2.45, 2.75) is 20.1 Å². The van der Waals surface area contributed by atoms with E-state index in [0.717, 1.165) is 11.3 Å². The molecule has 0 fully saturated rings. The fourth-order valence-electron chi connectivity index (χ4n) is 1.55. The zero-order chi connectivity index (χ0) is 16.1. The molecule has 2 rings (SSSR count). The van der Waals surface area contributed by atoms with Gasteiger partial charge in [0.25, 0.3) is 0 Å². The van der Waals surface area contributed by atoms with E-state index in [1.54, 1.807) is 0 Å². The van der Waals surface area contributed by atoms with Crippen LogP contribution in [0, 0.1) is 11.3 Å². The summed E-state index contributed by atoms with van der Waals surface area (Å²) in [6, 6.07) is 4.90. The lowest BCUT2D eigenvalue weighted by molar-refractivity contribution is -0.142. The molecule has 0 aliphatic carbocycles. The lowest BCUT2D eigenvalue weighted by Crippen LogP contribution is -2.04. The molecule has 0 saturated carbocycles. The van der Waals surface area contributed by atoms with E-state index >= 15 is 0 Å². The summed E-state index contributed by atoms with van der Waals surface area (Å²) in [7, 11) is 0. The van der Waals surface area contributed by atoms with Crippen molar-refractivity contribution in [1.29, 1.82) is 5.26 Å². The fourth-order valence-corrected chi connectivity index (χ4v) is 2.49. The second-order valence-electron chi connectivity index (χ2n) is 3.92. The van der Waals surface area contributed by atoms with Crippen LogP contribution in [0.3, 0.4) is 0 Å². The highest BCUT2D eigenvalue weighted by atomic mass is 32.1. The largest absolute Gasteiger partial charge is 0.460 e. The van der Waals surface area contributed by atoms with E-state index in [4.69, 9.17) is 10.00 Å². The summed E-state index contributed by atoms with van der Waals surface area (Å²) >= 11 is 1.04. The third kappa shape index (κ3) is 3.73. The summed E-state index contributed by atoms with van der Waals surface area (Å²) in [4.78, 5) is 19.0. The van der Waals surface area contributed by atoms with Crippen molar-refractivity contribution in [1.82, 2.24) is 9.97 Å². The number of nitrogens with zero attached hydrogens (tertiary/aromatic N) is 3. The first-order valence-electron chi connectivity index (χ1n) is 5.94. The van der Waals surface area contributed by atoms with Crippen molar-refractivity contribution in [3.05, 3.63) is 28.9 Å². The van der Waals surface area contributed by atoms with Crippen LogP contribution in [0.5, 0.6) is 5.88 Å². The van der Waals surface area contributed by atoms with Gasteiger partial charge in [-0.2, -0.15) is 14.0 Å². The Bertz CT molecular complexity index is 728. The average Bonchev–Trinajstić information content (AvgIpc) is 2.88. The molecule has 0 N–H and O–H groups in total. The minimum atomic E-state index is -3.02. The van der Waals surface area contributed by atoms with Gasteiger partial charge in [-0.1, -0.05) is 0 Å². The van der Waals surface area contributed by atoms with Crippen LogP contribution in [0.25, 0.3) is 10.6 Å². The van der Waals surface area contributed by atoms with Crippen molar-refractivity contribution in [3.8, 4) is 22.5 Å².